The normalized spacial score (nSPS) is 16.8. The molecule has 4 rings (SSSR count). The Balaban J connectivity index is 1.44. The van der Waals surface area contributed by atoms with Gasteiger partial charge in [0.05, 0.1) is 29.6 Å². The minimum Gasteiger partial charge on any atom is -0.345 e. The van der Waals surface area contributed by atoms with Crippen LogP contribution in [-0.2, 0) is 4.79 Å². The molecule has 0 aliphatic carbocycles. The Hall–Kier alpha value is -3.07. The van der Waals surface area contributed by atoms with Crippen molar-refractivity contribution in [2.24, 2.45) is 0 Å². The van der Waals surface area contributed by atoms with Crippen molar-refractivity contribution in [3.8, 4) is 0 Å². The first-order valence-electron chi connectivity index (χ1n) is 9.07. The molecule has 0 radical (unpaired) electrons. The van der Waals surface area contributed by atoms with Crippen molar-refractivity contribution in [3.63, 3.8) is 0 Å². The summed E-state index contributed by atoms with van der Waals surface area (Å²) in [5, 5.41) is 6.06. The Morgan fingerprint density at radius 2 is 2.25 bits per heavy atom. The van der Waals surface area contributed by atoms with Gasteiger partial charge in [0.1, 0.15) is 11.6 Å². The van der Waals surface area contributed by atoms with Crippen LogP contribution in [0.1, 0.15) is 35.2 Å². The number of nitrogens with one attached hydrogen (secondary N) is 2. The van der Waals surface area contributed by atoms with Crippen molar-refractivity contribution in [3.05, 3.63) is 53.0 Å². The number of hydrogen-bond acceptors (Lipinski definition) is 7. The van der Waals surface area contributed by atoms with Gasteiger partial charge in [0, 0.05) is 36.5 Å². The highest BCUT2D eigenvalue weighted by atomic mass is 32.1. The van der Waals surface area contributed by atoms with Crippen molar-refractivity contribution in [2.75, 3.05) is 18.4 Å². The Morgan fingerprint density at radius 1 is 1.36 bits per heavy atom. The number of likely N-dealkylation sites (tertiary alicyclic amines) is 1. The van der Waals surface area contributed by atoms with E-state index in [1.165, 1.54) is 0 Å². The average molecular weight is 395 g/mol. The average Bonchev–Trinajstić information content (AvgIpc) is 3.41. The fraction of sp³-hybridized carbons (Fsp3) is 0.316. The van der Waals surface area contributed by atoms with Crippen molar-refractivity contribution >= 4 is 34.3 Å². The second kappa shape index (κ2) is 7.89. The Bertz CT molecular complexity index is 996. The molecule has 0 unspecified atom stereocenters. The number of H-pyrrole nitrogens is 1. The van der Waals surface area contributed by atoms with Gasteiger partial charge in [-0.2, -0.15) is 0 Å². The Kier molecular flexibility index (Phi) is 5.16. The molecule has 9 heteroatoms. The van der Waals surface area contributed by atoms with Crippen molar-refractivity contribution in [2.45, 2.75) is 26.2 Å². The zero-order chi connectivity index (χ0) is 19.5. The van der Waals surface area contributed by atoms with Gasteiger partial charge in [0.2, 0.25) is 5.91 Å². The molecule has 1 saturated heterocycles. The largest absolute Gasteiger partial charge is 0.345 e. The van der Waals surface area contributed by atoms with Gasteiger partial charge in [0.15, 0.2) is 5.13 Å². The molecule has 1 fully saturated rings. The monoisotopic (exact) mass is 395 g/mol. The zero-order valence-corrected chi connectivity index (χ0v) is 16.5. The van der Waals surface area contributed by atoms with Crippen LogP contribution in [0.5, 0.6) is 0 Å². The van der Waals surface area contributed by atoms with E-state index in [1.54, 1.807) is 36.0 Å². The molecule has 4 heterocycles. The molecule has 1 amide bonds. The number of aromatic nitrogens is 5. The molecule has 0 spiro atoms. The molecule has 0 bridgehead atoms. The lowest BCUT2D eigenvalue weighted by molar-refractivity contribution is -0.124. The summed E-state index contributed by atoms with van der Waals surface area (Å²) in [6.45, 7) is 5.21. The molecule has 0 aromatic carbocycles. The number of thiazole rings is 1. The van der Waals surface area contributed by atoms with Crippen LogP contribution in [0, 0.1) is 13.8 Å². The van der Waals surface area contributed by atoms with Gasteiger partial charge in [-0.05, 0) is 26.3 Å². The van der Waals surface area contributed by atoms with Crippen LogP contribution in [0.3, 0.4) is 0 Å². The molecular weight excluding hydrogens is 374 g/mol. The summed E-state index contributed by atoms with van der Waals surface area (Å²) in [5.41, 5.74) is 2.74. The molecule has 0 saturated carbocycles. The van der Waals surface area contributed by atoms with Gasteiger partial charge in [-0.25, -0.2) is 19.9 Å². The number of carbonyl (C=O) groups is 1. The summed E-state index contributed by atoms with van der Waals surface area (Å²) in [4.78, 5) is 34.7. The minimum absolute atomic E-state index is 0.000475. The summed E-state index contributed by atoms with van der Waals surface area (Å²) in [6, 6.07) is 1.96. The number of imidazole rings is 1. The quantitative estimate of drug-likeness (QED) is 0.644. The predicted molar refractivity (Wildman–Crippen MR) is 108 cm³/mol. The molecule has 1 aliphatic rings. The molecule has 1 aliphatic heterocycles. The molecule has 28 heavy (non-hydrogen) atoms. The molecule has 8 nitrogen and oxygen atoms in total. The maximum absolute atomic E-state index is 12.4. The SMILES string of the molecule is Cc1csc(Nc2cc([C@@H]3CCN(C(=O)/C=C/c4cnc[nH]4)C3)nc(C)n2)n1. The summed E-state index contributed by atoms with van der Waals surface area (Å²) in [5.74, 6) is 1.64. The smallest absolute Gasteiger partial charge is 0.246 e. The van der Waals surface area contributed by atoms with E-state index in [1.807, 2.05) is 30.2 Å². The van der Waals surface area contributed by atoms with E-state index >= 15 is 0 Å². The van der Waals surface area contributed by atoms with Crippen LogP contribution in [0.25, 0.3) is 6.08 Å². The Labute approximate surface area is 166 Å². The lowest BCUT2D eigenvalue weighted by Gasteiger charge is -2.15. The maximum Gasteiger partial charge on any atom is 0.246 e. The van der Waals surface area contributed by atoms with Gasteiger partial charge in [-0.3, -0.25) is 4.79 Å². The van der Waals surface area contributed by atoms with Crippen LogP contribution in [0.4, 0.5) is 10.9 Å². The van der Waals surface area contributed by atoms with Crippen LogP contribution < -0.4 is 5.32 Å². The van der Waals surface area contributed by atoms with Gasteiger partial charge < -0.3 is 15.2 Å². The zero-order valence-electron chi connectivity index (χ0n) is 15.7. The van der Waals surface area contributed by atoms with Crippen LogP contribution >= 0.6 is 11.3 Å². The highest BCUT2D eigenvalue weighted by molar-refractivity contribution is 7.13. The Morgan fingerprint density at radius 3 is 3.00 bits per heavy atom. The molecule has 144 valence electrons. The summed E-state index contributed by atoms with van der Waals surface area (Å²) in [6.07, 6.45) is 7.48. The minimum atomic E-state index is -0.000475. The van der Waals surface area contributed by atoms with E-state index in [9.17, 15) is 4.79 Å². The molecule has 3 aromatic rings. The van der Waals surface area contributed by atoms with Crippen molar-refractivity contribution in [1.29, 1.82) is 0 Å². The van der Waals surface area contributed by atoms with Gasteiger partial charge in [-0.15, -0.1) is 11.3 Å². The van der Waals surface area contributed by atoms with Crippen molar-refractivity contribution < 1.29 is 4.79 Å². The van der Waals surface area contributed by atoms with E-state index in [-0.39, 0.29) is 11.8 Å². The van der Waals surface area contributed by atoms with E-state index in [0.717, 1.165) is 34.5 Å². The van der Waals surface area contributed by atoms with E-state index < -0.39 is 0 Å². The molecule has 3 aromatic heterocycles. The number of aryl methyl sites for hydroxylation is 2. The van der Waals surface area contributed by atoms with E-state index in [4.69, 9.17) is 0 Å². The molecule has 1 atom stereocenters. The standard InChI is InChI=1S/C19H21N7OS/c1-12-10-28-19(22-12)25-17-7-16(23-13(2)24-17)14-5-6-26(9-14)18(27)4-3-15-8-20-11-21-15/h3-4,7-8,10-11,14H,5-6,9H2,1-2H3,(H,20,21)(H,22,23,24,25)/b4-3+/t14-/m1/s1. The number of hydrogen-bond donors (Lipinski definition) is 2. The van der Waals surface area contributed by atoms with E-state index in [0.29, 0.717) is 18.9 Å². The second-order valence-corrected chi connectivity index (χ2v) is 7.61. The number of nitrogens with zero attached hydrogens (tertiary/aromatic N) is 5. The number of aromatic amines is 1. The van der Waals surface area contributed by atoms with Gasteiger partial charge >= 0.3 is 0 Å². The number of anilines is 2. The van der Waals surface area contributed by atoms with Crippen molar-refractivity contribution in [1.82, 2.24) is 29.8 Å². The highest BCUT2D eigenvalue weighted by Crippen LogP contribution is 2.28. The van der Waals surface area contributed by atoms with E-state index in [2.05, 4.69) is 30.2 Å². The fourth-order valence-electron chi connectivity index (χ4n) is 3.21. The first-order valence-corrected chi connectivity index (χ1v) is 9.95. The van der Waals surface area contributed by atoms with Gasteiger partial charge in [-0.1, -0.05) is 0 Å². The summed E-state index contributed by atoms with van der Waals surface area (Å²) < 4.78 is 0. The number of rotatable bonds is 5. The third-order valence-corrected chi connectivity index (χ3v) is 5.43. The molecule has 2 N–H and O–H groups in total. The second-order valence-electron chi connectivity index (χ2n) is 6.75. The van der Waals surface area contributed by atoms with Crippen LogP contribution in [0.15, 0.2) is 30.0 Å². The third kappa shape index (κ3) is 4.25. The van der Waals surface area contributed by atoms with Crippen LogP contribution in [0.2, 0.25) is 0 Å². The first kappa shape index (κ1) is 18.3. The number of carbonyl (C=O) groups excluding carboxylic acids is 1. The first-order chi connectivity index (χ1) is 13.6. The predicted octanol–water partition coefficient (Wildman–Crippen LogP) is 3.05. The fourth-order valence-corrected chi connectivity index (χ4v) is 3.91. The van der Waals surface area contributed by atoms with Gasteiger partial charge in [0.25, 0.3) is 0 Å². The summed E-state index contributed by atoms with van der Waals surface area (Å²) >= 11 is 1.55. The third-order valence-electron chi connectivity index (χ3n) is 4.55. The summed E-state index contributed by atoms with van der Waals surface area (Å²) in [7, 11) is 0. The lowest BCUT2D eigenvalue weighted by Crippen LogP contribution is -2.26. The maximum atomic E-state index is 12.4. The van der Waals surface area contributed by atoms with Crippen LogP contribution in [-0.4, -0.2) is 48.8 Å². The topological polar surface area (TPSA) is 99.7 Å². The lowest BCUT2D eigenvalue weighted by atomic mass is 10.0. The highest BCUT2D eigenvalue weighted by Gasteiger charge is 2.27. The molecular formula is C19H21N7OS. The number of amides is 1.